The summed E-state index contributed by atoms with van der Waals surface area (Å²) in [5.74, 6) is 0.361. The molecule has 0 amide bonds. The van der Waals surface area contributed by atoms with Gasteiger partial charge in [0.05, 0.1) is 0 Å². The minimum Gasteiger partial charge on any atom is -0.507 e. The molecule has 3 nitrogen and oxygen atoms in total. The van der Waals surface area contributed by atoms with Crippen LogP contribution in [0.25, 0.3) is 10.9 Å². The summed E-state index contributed by atoms with van der Waals surface area (Å²) in [5, 5.41) is 11.0. The molecule has 0 unspecified atom stereocenters. The van der Waals surface area contributed by atoms with Gasteiger partial charge in [-0.1, -0.05) is 43.3 Å². The van der Waals surface area contributed by atoms with Crippen LogP contribution in [-0.4, -0.2) is 28.1 Å². The third kappa shape index (κ3) is 3.15. The van der Waals surface area contributed by atoms with E-state index in [1.165, 1.54) is 11.1 Å². The lowest BCUT2D eigenvalue weighted by Crippen LogP contribution is -2.25. The van der Waals surface area contributed by atoms with Crippen LogP contribution < -0.4 is 0 Å². The maximum Gasteiger partial charge on any atom is 0.125 e. The number of hydrogen-bond donors (Lipinski definition) is 2. The molecule has 0 saturated heterocycles. The van der Waals surface area contributed by atoms with Gasteiger partial charge in [0.1, 0.15) is 5.75 Å². The molecule has 0 saturated carbocycles. The molecule has 0 bridgehead atoms. The van der Waals surface area contributed by atoms with E-state index in [1.807, 2.05) is 18.3 Å². The van der Waals surface area contributed by atoms with E-state index in [0.29, 0.717) is 5.75 Å². The standard InChI is InChI=1S/C19H22N2O/c1-2-21(14-15-7-4-3-5-8-15)12-11-16-13-20-17-9-6-10-18(22)19(16)17/h3-10,13,20,22H,2,11-12,14H2,1H3. The Kier molecular flexibility index (Phi) is 4.45. The van der Waals surface area contributed by atoms with Gasteiger partial charge in [-0.25, -0.2) is 0 Å². The zero-order chi connectivity index (χ0) is 15.4. The highest BCUT2D eigenvalue weighted by atomic mass is 16.3. The molecule has 22 heavy (non-hydrogen) atoms. The summed E-state index contributed by atoms with van der Waals surface area (Å²) < 4.78 is 0. The van der Waals surface area contributed by atoms with Gasteiger partial charge >= 0.3 is 0 Å². The van der Waals surface area contributed by atoms with Crippen molar-refractivity contribution in [2.24, 2.45) is 0 Å². The van der Waals surface area contributed by atoms with Gasteiger partial charge in [0, 0.05) is 30.2 Å². The molecule has 0 radical (unpaired) electrons. The molecule has 3 rings (SSSR count). The van der Waals surface area contributed by atoms with Crippen molar-refractivity contribution in [2.75, 3.05) is 13.1 Å². The maximum absolute atomic E-state index is 10.1. The van der Waals surface area contributed by atoms with Crippen LogP contribution >= 0.6 is 0 Å². The van der Waals surface area contributed by atoms with Crippen LogP contribution in [0.15, 0.2) is 54.7 Å². The Bertz CT molecular complexity index is 734. The molecule has 0 aliphatic rings. The molecule has 0 atom stereocenters. The number of nitrogens with one attached hydrogen (secondary N) is 1. The van der Waals surface area contributed by atoms with Crippen LogP contribution in [0, 0.1) is 0 Å². The molecule has 2 N–H and O–H groups in total. The predicted octanol–water partition coefficient (Wildman–Crippen LogP) is 3.94. The van der Waals surface area contributed by atoms with Crippen LogP contribution in [0.1, 0.15) is 18.1 Å². The van der Waals surface area contributed by atoms with Crippen molar-refractivity contribution in [3.05, 3.63) is 65.9 Å². The number of rotatable bonds is 6. The van der Waals surface area contributed by atoms with Gasteiger partial charge in [-0.15, -0.1) is 0 Å². The zero-order valence-corrected chi connectivity index (χ0v) is 12.9. The second-order valence-corrected chi connectivity index (χ2v) is 5.62. The van der Waals surface area contributed by atoms with Gasteiger partial charge < -0.3 is 10.1 Å². The maximum atomic E-state index is 10.1. The van der Waals surface area contributed by atoms with Crippen molar-refractivity contribution in [1.82, 2.24) is 9.88 Å². The highest BCUT2D eigenvalue weighted by Crippen LogP contribution is 2.27. The van der Waals surface area contributed by atoms with Crippen LogP contribution in [0.3, 0.4) is 0 Å². The summed E-state index contributed by atoms with van der Waals surface area (Å²) in [6.45, 7) is 5.15. The molecule has 1 aromatic heterocycles. The lowest BCUT2D eigenvalue weighted by molar-refractivity contribution is 0.284. The first-order valence-corrected chi connectivity index (χ1v) is 7.82. The Labute approximate surface area is 131 Å². The molecular formula is C19H22N2O. The van der Waals surface area contributed by atoms with E-state index < -0.39 is 0 Å². The summed E-state index contributed by atoms with van der Waals surface area (Å²) in [6.07, 6.45) is 2.94. The fourth-order valence-corrected chi connectivity index (χ4v) is 2.90. The van der Waals surface area contributed by atoms with E-state index in [-0.39, 0.29) is 0 Å². The minimum absolute atomic E-state index is 0.361. The quantitative estimate of drug-likeness (QED) is 0.723. The molecule has 0 aliphatic carbocycles. The highest BCUT2D eigenvalue weighted by molar-refractivity contribution is 5.88. The van der Waals surface area contributed by atoms with Gasteiger partial charge in [-0.3, -0.25) is 4.90 Å². The monoisotopic (exact) mass is 294 g/mol. The van der Waals surface area contributed by atoms with E-state index in [0.717, 1.165) is 37.0 Å². The smallest absolute Gasteiger partial charge is 0.125 e. The van der Waals surface area contributed by atoms with Crippen molar-refractivity contribution in [3.63, 3.8) is 0 Å². The molecule has 1 heterocycles. The van der Waals surface area contributed by atoms with E-state index in [2.05, 4.69) is 47.1 Å². The number of phenols is 1. The number of aromatic nitrogens is 1. The summed E-state index contributed by atoms with van der Waals surface area (Å²) >= 11 is 0. The Morgan fingerprint density at radius 2 is 1.86 bits per heavy atom. The molecule has 0 aliphatic heterocycles. The van der Waals surface area contributed by atoms with E-state index >= 15 is 0 Å². The van der Waals surface area contributed by atoms with Gasteiger partial charge in [-0.05, 0) is 36.2 Å². The average molecular weight is 294 g/mol. The summed E-state index contributed by atoms with van der Waals surface area (Å²) in [6, 6.07) is 16.2. The lowest BCUT2D eigenvalue weighted by atomic mass is 10.1. The molecular weight excluding hydrogens is 272 g/mol. The third-order valence-electron chi connectivity index (χ3n) is 4.16. The number of fused-ring (bicyclic) bond motifs is 1. The van der Waals surface area contributed by atoms with Crippen molar-refractivity contribution in [2.45, 2.75) is 19.9 Å². The normalized spacial score (nSPS) is 11.4. The number of aromatic amines is 1. The number of nitrogens with zero attached hydrogens (tertiary/aromatic N) is 1. The first-order chi connectivity index (χ1) is 10.8. The average Bonchev–Trinajstić information content (AvgIpc) is 2.97. The predicted molar refractivity (Wildman–Crippen MR) is 91.1 cm³/mol. The summed E-state index contributed by atoms with van der Waals surface area (Å²) in [5.41, 5.74) is 3.52. The minimum atomic E-state index is 0.361. The zero-order valence-electron chi connectivity index (χ0n) is 12.9. The Balaban J connectivity index is 1.69. The molecule has 0 fully saturated rings. The fourth-order valence-electron chi connectivity index (χ4n) is 2.90. The molecule has 0 spiro atoms. The first-order valence-electron chi connectivity index (χ1n) is 7.82. The second-order valence-electron chi connectivity index (χ2n) is 5.62. The van der Waals surface area contributed by atoms with Crippen LogP contribution in [-0.2, 0) is 13.0 Å². The first kappa shape index (κ1) is 14.7. The highest BCUT2D eigenvalue weighted by Gasteiger charge is 2.10. The Morgan fingerprint density at radius 1 is 1.05 bits per heavy atom. The van der Waals surface area contributed by atoms with Gasteiger partial charge in [0.15, 0.2) is 0 Å². The third-order valence-corrected chi connectivity index (χ3v) is 4.16. The van der Waals surface area contributed by atoms with Crippen LogP contribution in [0.5, 0.6) is 5.75 Å². The lowest BCUT2D eigenvalue weighted by Gasteiger charge is -2.20. The molecule has 2 aromatic carbocycles. The number of benzene rings is 2. The molecule has 3 aromatic rings. The number of hydrogen-bond acceptors (Lipinski definition) is 2. The largest absolute Gasteiger partial charge is 0.507 e. The van der Waals surface area contributed by atoms with Crippen molar-refractivity contribution in [1.29, 1.82) is 0 Å². The number of aromatic hydroxyl groups is 1. The molecule has 114 valence electrons. The summed E-state index contributed by atoms with van der Waals surface area (Å²) in [4.78, 5) is 5.67. The van der Waals surface area contributed by atoms with Crippen LogP contribution in [0.2, 0.25) is 0 Å². The number of likely N-dealkylation sites (N-methyl/N-ethyl adjacent to an activating group) is 1. The Hall–Kier alpha value is -2.26. The van der Waals surface area contributed by atoms with Gasteiger partial charge in [0.2, 0.25) is 0 Å². The SMILES string of the molecule is CCN(CCc1c[nH]c2cccc(O)c12)Cc1ccccc1. The Morgan fingerprint density at radius 3 is 2.64 bits per heavy atom. The van der Waals surface area contributed by atoms with E-state index in [1.54, 1.807) is 6.07 Å². The van der Waals surface area contributed by atoms with E-state index in [4.69, 9.17) is 0 Å². The number of phenolic OH excluding ortho intramolecular Hbond substituents is 1. The van der Waals surface area contributed by atoms with Gasteiger partial charge in [-0.2, -0.15) is 0 Å². The van der Waals surface area contributed by atoms with Crippen molar-refractivity contribution < 1.29 is 5.11 Å². The van der Waals surface area contributed by atoms with Crippen molar-refractivity contribution in [3.8, 4) is 5.75 Å². The topological polar surface area (TPSA) is 39.3 Å². The van der Waals surface area contributed by atoms with Crippen molar-refractivity contribution >= 4 is 10.9 Å². The summed E-state index contributed by atoms with van der Waals surface area (Å²) in [7, 11) is 0. The van der Waals surface area contributed by atoms with Gasteiger partial charge in [0.25, 0.3) is 0 Å². The fraction of sp³-hybridized carbons (Fsp3) is 0.263. The second kappa shape index (κ2) is 6.67. The van der Waals surface area contributed by atoms with E-state index in [9.17, 15) is 5.11 Å². The van der Waals surface area contributed by atoms with Crippen LogP contribution in [0.4, 0.5) is 0 Å². The molecule has 3 heteroatoms. The number of H-pyrrole nitrogens is 1.